The largest absolute Gasteiger partial charge is 0.277 e. The summed E-state index contributed by atoms with van der Waals surface area (Å²) in [5, 5.41) is 0. The van der Waals surface area contributed by atoms with Gasteiger partial charge in [-0.3, -0.25) is 9.36 Å². The molecule has 0 saturated heterocycles. The zero-order valence-corrected chi connectivity index (χ0v) is 10.7. The summed E-state index contributed by atoms with van der Waals surface area (Å²) < 4.78 is 1.74. The average molecular weight is 250 g/mol. The van der Waals surface area contributed by atoms with Crippen LogP contribution in [0.15, 0.2) is 59.4 Å². The first kappa shape index (κ1) is 11.7. The van der Waals surface area contributed by atoms with Gasteiger partial charge >= 0.3 is 0 Å². The second kappa shape index (κ2) is 4.69. The van der Waals surface area contributed by atoms with Crippen molar-refractivity contribution >= 4 is 11.0 Å². The summed E-state index contributed by atoms with van der Waals surface area (Å²) >= 11 is 0. The van der Waals surface area contributed by atoms with Crippen molar-refractivity contribution in [1.29, 1.82) is 0 Å². The molecule has 0 aliphatic rings. The fraction of sp³-hybridized carbons (Fsp3) is 0.125. The molecule has 0 amide bonds. The molecule has 3 aromatic rings. The molecule has 0 unspecified atom stereocenters. The van der Waals surface area contributed by atoms with Crippen molar-refractivity contribution in [2.75, 3.05) is 0 Å². The Labute approximate surface area is 111 Å². The normalized spacial score (nSPS) is 10.8. The lowest BCUT2D eigenvalue weighted by atomic mass is 10.2. The van der Waals surface area contributed by atoms with Gasteiger partial charge in [-0.1, -0.05) is 37.3 Å². The van der Waals surface area contributed by atoms with Crippen LogP contribution in [0.2, 0.25) is 0 Å². The maximum absolute atomic E-state index is 12.5. The van der Waals surface area contributed by atoms with Crippen LogP contribution < -0.4 is 5.56 Å². The molecule has 0 bridgehead atoms. The van der Waals surface area contributed by atoms with Crippen LogP contribution in [0.3, 0.4) is 0 Å². The summed E-state index contributed by atoms with van der Waals surface area (Å²) in [6.45, 7) is 1.95. The van der Waals surface area contributed by atoms with E-state index in [2.05, 4.69) is 4.98 Å². The second-order valence-corrected chi connectivity index (χ2v) is 4.38. The van der Waals surface area contributed by atoms with Crippen molar-refractivity contribution in [3.05, 3.63) is 70.6 Å². The Morgan fingerprint density at radius 1 is 1.00 bits per heavy atom. The van der Waals surface area contributed by atoms with Crippen LogP contribution in [0.25, 0.3) is 16.7 Å². The number of fused-ring (bicyclic) bond motifs is 1. The molecular weight excluding hydrogens is 236 g/mol. The lowest BCUT2D eigenvalue weighted by molar-refractivity contribution is 0.926. The van der Waals surface area contributed by atoms with Crippen molar-refractivity contribution in [2.45, 2.75) is 13.3 Å². The van der Waals surface area contributed by atoms with Gasteiger partial charge in [-0.2, -0.15) is 0 Å². The Hall–Kier alpha value is -2.42. The molecule has 0 aliphatic carbocycles. The molecule has 0 atom stereocenters. The van der Waals surface area contributed by atoms with E-state index in [9.17, 15) is 4.79 Å². The molecular formula is C16H14N2O. The Balaban J connectivity index is 2.45. The van der Waals surface area contributed by atoms with Crippen LogP contribution in [-0.2, 0) is 6.42 Å². The minimum Gasteiger partial charge on any atom is -0.274 e. The van der Waals surface area contributed by atoms with E-state index < -0.39 is 0 Å². The van der Waals surface area contributed by atoms with E-state index in [1.54, 1.807) is 4.57 Å². The summed E-state index contributed by atoms with van der Waals surface area (Å²) in [5.41, 5.74) is 3.13. The molecule has 3 rings (SSSR count). The highest BCUT2D eigenvalue weighted by Gasteiger charge is 2.10. The van der Waals surface area contributed by atoms with E-state index in [1.165, 1.54) is 0 Å². The fourth-order valence-electron chi connectivity index (χ4n) is 2.24. The topological polar surface area (TPSA) is 34.9 Å². The van der Waals surface area contributed by atoms with Gasteiger partial charge in [-0.05, 0) is 30.7 Å². The minimum atomic E-state index is -0.0348. The number of aromatic nitrogens is 2. The highest BCUT2D eigenvalue weighted by atomic mass is 16.1. The standard InChI is InChI=1S/C16H14N2O/c1-2-13-16(19)18(12-8-4-3-5-9-12)15-11-7-6-10-14(15)17-13/h3-11H,2H2,1H3. The lowest BCUT2D eigenvalue weighted by Crippen LogP contribution is -2.24. The Morgan fingerprint density at radius 3 is 2.42 bits per heavy atom. The predicted octanol–water partition coefficient (Wildman–Crippen LogP) is 2.95. The van der Waals surface area contributed by atoms with Crippen molar-refractivity contribution < 1.29 is 0 Å². The molecule has 1 heterocycles. The molecule has 3 heteroatoms. The Kier molecular flexibility index (Phi) is 2.88. The molecule has 0 radical (unpaired) electrons. The first-order valence-corrected chi connectivity index (χ1v) is 6.37. The number of rotatable bonds is 2. The summed E-state index contributed by atoms with van der Waals surface area (Å²) in [6.07, 6.45) is 0.635. The maximum Gasteiger partial charge on any atom is 0.277 e. The van der Waals surface area contributed by atoms with Crippen LogP contribution in [0.5, 0.6) is 0 Å². The maximum atomic E-state index is 12.5. The van der Waals surface area contributed by atoms with Gasteiger partial charge in [-0.15, -0.1) is 0 Å². The summed E-state index contributed by atoms with van der Waals surface area (Å²) in [4.78, 5) is 17.0. The van der Waals surface area contributed by atoms with E-state index in [-0.39, 0.29) is 5.56 Å². The van der Waals surface area contributed by atoms with Crippen molar-refractivity contribution in [3.8, 4) is 5.69 Å². The van der Waals surface area contributed by atoms with E-state index >= 15 is 0 Å². The van der Waals surface area contributed by atoms with Crippen LogP contribution >= 0.6 is 0 Å². The third-order valence-electron chi connectivity index (χ3n) is 3.18. The third-order valence-corrected chi connectivity index (χ3v) is 3.18. The molecule has 0 aliphatic heterocycles. The number of nitrogens with zero attached hydrogens (tertiary/aromatic N) is 2. The zero-order valence-electron chi connectivity index (χ0n) is 10.7. The molecule has 0 saturated carbocycles. The lowest BCUT2D eigenvalue weighted by Gasteiger charge is -2.11. The molecule has 94 valence electrons. The molecule has 3 nitrogen and oxygen atoms in total. The first-order valence-electron chi connectivity index (χ1n) is 6.37. The molecule has 19 heavy (non-hydrogen) atoms. The fourth-order valence-corrected chi connectivity index (χ4v) is 2.24. The van der Waals surface area contributed by atoms with Crippen LogP contribution in [0.4, 0.5) is 0 Å². The number of aryl methyl sites for hydroxylation is 1. The van der Waals surface area contributed by atoms with Crippen molar-refractivity contribution in [2.24, 2.45) is 0 Å². The van der Waals surface area contributed by atoms with Gasteiger partial charge in [0.1, 0.15) is 5.69 Å². The highest BCUT2D eigenvalue weighted by Crippen LogP contribution is 2.15. The molecule has 0 N–H and O–H groups in total. The number of benzene rings is 2. The summed E-state index contributed by atoms with van der Waals surface area (Å²) in [5.74, 6) is 0. The van der Waals surface area contributed by atoms with Gasteiger partial charge in [0.15, 0.2) is 0 Å². The predicted molar refractivity (Wildman–Crippen MR) is 76.7 cm³/mol. The van der Waals surface area contributed by atoms with Gasteiger partial charge in [0, 0.05) is 5.69 Å². The van der Waals surface area contributed by atoms with E-state index in [0.717, 1.165) is 16.7 Å². The van der Waals surface area contributed by atoms with Gasteiger partial charge in [0.05, 0.1) is 11.0 Å². The van der Waals surface area contributed by atoms with Crippen molar-refractivity contribution in [3.63, 3.8) is 0 Å². The van der Waals surface area contributed by atoms with E-state index in [4.69, 9.17) is 0 Å². The van der Waals surface area contributed by atoms with Crippen molar-refractivity contribution in [1.82, 2.24) is 9.55 Å². The summed E-state index contributed by atoms with van der Waals surface area (Å²) in [6, 6.07) is 17.4. The van der Waals surface area contributed by atoms with E-state index in [0.29, 0.717) is 12.1 Å². The zero-order chi connectivity index (χ0) is 13.2. The number of para-hydroxylation sites is 3. The van der Waals surface area contributed by atoms with Crippen LogP contribution in [0.1, 0.15) is 12.6 Å². The monoisotopic (exact) mass is 250 g/mol. The average Bonchev–Trinajstić information content (AvgIpc) is 2.47. The molecule has 0 fully saturated rings. The van der Waals surface area contributed by atoms with Gasteiger partial charge in [-0.25, -0.2) is 4.98 Å². The quantitative estimate of drug-likeness (QED) is 0.701. The number of hydrogen-bond donors (Lipinski definition) is 0. The smallest absolute Gasteiger partial charge is 0.274 e. The second-order valence-electron chi connectivity index (χ2n) is 4.38. The first-order chi connectivity index (χ1) is 9.31. The molecule has 0 spiro atoms. The van der Waals surface area contributed by atoms with Gasteiger partial charge in [0.25, 0.3) is 5.56 Å². The third kappa shape index (κ3) is 1.93. The van der Waals surface area contributed by atoms with Crippen LogP contribution in [-0.4, -0.2) is 9.55 Å². The van der Waals surface area contributed by atoms with Gasteiger partial charge < -0.3 is 0 Å². The minimum absolute atomic E-state index is 0.0348. The SMILES string of the molecule is CCc1nc2ccccc2n(-c2ccccc2)c1=O. The molecule has 2 aromatic carbocycles. The van der Waals surface area contributed by atoms with Crippen LogP contribution in [0, 0.1) is 0 Å². The van der Waals surface area contributed by atoms with Gasteiger partial charge in [0.2, 0.25) is 0 Å². The summed E-state index contributed by atoms with van der Waals surface area (Å²) in [7, 11) is 0. The molecule has 1 aromatic heterocycles. The Morgan fingerprint density at radius 2 is 1.68 bits per heavy atom. The number of hydrogen-bond acceptors (Lipinski definition) is 2. The Bertz CT molecular complexity index is 776. The highest BCUT2D eigenvalue weighted by molar-refractivity contribution is 5.76. The van der Waals surface area contributed by atoms with E-state index in [1.807, 2.05) is 61.5 Å².